The lowest BCUT2D eigenvalue weighted by atomic mass is 10.0. The Hall–Kier alpha value is -1.85. The van der Waals surface area contributed by atoms with Crippen LogP contribution >= 0.6 is 0 Å². The molecule has 6 heteroatoms. The van der Waals surface area contributed by atoms with E-state index in [2.05, 4.69) is 11.3 Å². The van der Waals surface area contributed by atoms with Crippen LogP contribution in [0.4, 0.5) is 0 Å². The lowest BCUT2D eigenvalue weighted by Gasteiger charge is -2.16. The summed E-state index contributed by atoms with van der Waals surface area (Å²) in [4.78, 5) is 32.1. The van der Waals surface area contributed by atoms with Crippen molar-refractivity contribution < 1.29 is 29.3 Å². The van der Waals surface area contributed by atoms with Crippen LogP contribution in [0.2, 0.25) is 0 Å². The Morgan fingerprint density at radius 1 is 1.20 bits per heavy atom. The van der Waals surface area contributed by atoms with Crippen molar-refractivity contribution in [2.24, 2.45) is 5.92 Å². The predicted molar refractivity (Wildman–Crippen MR) is 49.1 cm³/mol. The summed E-state index contributed by atoms with van der Waals surface area (Å²) in [6.07, 6.45) is -1.25. The fourth-order valence-electron chi connectivity index (χ4n) is 0.845. The van der Waals surface area contributed by atoms with E-state index in [1.54, 1.807) is 0 Å². The fraction of sp³-hybridized carbons (Fsp3) is 0.444. The molecule has 0 aliphatic rings. The van der Waals surface area contributed by atoms with Gasteiger partial charge < -0.3 is 14.9 Å². The van der Waals surface area contributed by atoms with Gasteiger partial charge in [-0.15, -0.1) is 0 Å². The minimum absolute atomic E-state index is 0.0800. The first-order valence-corrected chi connectivity index (χ1v) is 4.09. The van der Waals surface area contributed by atoms with E-state index in [9.17, 15) is 14.4 Å². The Morgan fingerprint density at radius 3 is 1.87 bits per heavy atom. The minimum Gasteiger partial charge on any atom is -0.480 e. The second-order valence-electron chi connectivity index (χ2n) is 3.04. The second-order valence-corrected chi connectivity index (χ2v) is 3.04. The molecule has 0 saturated carbocycles. The molecule has 0 saturated heterocycles. The number of carbonyl (C=O) groups excluding carboxylic acids is 1. The summed E-state index contributed by atoms with van der Waals surface area (Å²) in [7, 11) is 0. The predicted octanol–water partition coefficient (Wildman–Crippen LogP) is 0.280. The van der Waals surface area contributed by atoms with E-state index in [0.717, 1.165) is 0 Å². The first kappa shape index (κ1) is 13.2. The lowest BCUT2D eigenvalue weighted by molar-refractivity contribution is -0.164. The first-order chi connectivity index (χ1) is 6.77. The van der Waals surface area contributed by atoms with Gasteiger partial charge in [-0.1, -0.05) is 6.58 Å². The van der Waals surface area contributed by atoms with Crippen molar-refractivity contribution in [3.63, 3.8) is 0 Å². The van der Waals surface area contributed by atoms with Crippen molar-refractivity contribution in [3.8, 4) is 0 Å². The third-order valence-electron chi connectivity index (χ3n) is 1.64. The molecule has 6 nitrogen and oxygen atoms in total. The van der Waals surface area contributed by atoms with Crippen molar-refractivity contribution in [2.45, 2.75) is 20.0 Å². The summed E-state index contributed by atoms with van der Waals surface area (Å²) in [5.74, 6) is -5.68. The van der Waals surface area contributed by atoms with Gasteiger partial charge in [0.15, 0.2) is 5.92 Å². The largest absolute Gasteiger partial charge is 0.480 e. The molecule has 0 aliphatic heterocycles. The van der Waals surface area contributed by atoms with E-state index in [1.165, 1.54) is 13.8 Å². The number of carbonyl (C=O) groups is 3. The highest BCUT2D eigenvalue weighted by Gasteiger charge is 2.34. The third kappa shape index (κ3) is 3.80. The highest BCUT2D eigenvalue weighted by Crippen LogP contribution is 2.10. The van der Waals surface area contributed by atoms with Crippen molar-refractivity contribution >= 4 is 17.9 Å². The minimum atomic E-state index is -1.77. The molecule has 0 aromatic carbocycles. The van der Waals surface area contributed by atoms with Gasteiger partial charge >= 0.3 is 17.9 Å². The van der Waals surface area contributed by atoms with E-state index in [1.807, 2.05) is 0 Å². The molecule has 0 spiro atoms. The number of esters is 1. The highest BCUT2D eigenvalue weighted by molar-refractivity contribution is 5.94. The molecular weight excluding hydrogens is 204 g/mol. The molecule has 15 heavy (non-hydrogen) atoms. The van der Waals surface area contributed by atoms with Crippen LogP contribution in [0, 0.1) is 5.92 Å². The standard InChI is InChI=1S/C9H12O6/c1-4(2)9(14)15-5(3)6(7(10)11)8(12)13/h5-6H,1H2,2-3H3,(H,10,11)(H,12,13). The molecule has 0 aromatic heterocycles. The maximum absolute atomic E-state index is 11.0. The number of ether oxygens (including phenoxy) is 1. The van der Waals surface area contributed by atoms with Gasteiger partial charge in [0.25, 0.3) is 0 Å². The topological polar surface area (TPSA) is 101 Å². The van der Waals surface area contributed by atoms with E-state index in [4.69, 9.17) is 10.2 Å². The second kappa shape index (κ2) is 5.14. The maximum atomic E-state index is 11.0. The summed E-state index contributed by atoms with van der Waals surface area (Å²) >= 11 is 0. The molecule has 0 heterocycles. The van der Waals surface area contributed by atoms with Crippen LogP contribution in [0.1, 0.15) is 13.8 Å². The monoisotopic (exact) mass is 216 g/mol. The highest BCUT2D eigenvalue weighted by atomic mass is 16.5. The number of carboxylic acids is 2. The number of hydrogen-bond donors (Lipinski definition) is 2. The molecule has 2 N–H and O–H groups in total. The van der Waals surface area contributed by atoms with E-state index in [-0.39, 0.29) is 5.57 Å². The lowest BCUT2D eigenvalue weighted by Crippen LogP contribution is -2.36. The molecule has 0 amide bonds. The number of aliphatic carboxylic acids is 2. The molecule has 0 bridgehead atoms. The van der Waals surface area contributed by atoms with Crippen molar-refractivity contribution in [3.05, 3.63) is 12.2 Å². The summed E-state index contributed by atoms with van der Waals surface area (Å²) in [5.41, 5.74) is 0.0800. The zero-order chi connectivity index (χ0) is 12.2. The number of carboxylic acid groups (broad SMARTS) is 2. The van der Waals surface area contributed by atoms with E-state index in [0.29, 0.717) is 0 Å². The van der Waals surface area contributed by atoms with Gasteiger partial charge in [0.2, 0.25) is 0 Å². The average molecular weight is 216 g/mol. The summed E-state index contributed by atoms with van der Waals surface area (Å²) in [5, 5.41) is 17.1. The number of hydrogen-bond acceptors (Lipinski definition) is 4. The molecule has 0 aliphatic carbocycles. The van der Waals surface area contributed by atoms with Gasteiger partial charge in [-0.05, 0) is 13.8 Å². The van der Waals surface area contributed by atoms with E-state index >= 15 is 0 Å². The molecule has 1 unspecified atom stereocenters. The van der Waals surface area contributed by atoms with Gasteiger partial charge in [-0.25, -0.2) is 4.79 Å². The Balaban J connectivity index is 4.60. The quantitative estimate of drug-likeness (QED) is 0.389. The zero-order valence-electron chi connectivity index (χ0n) is 8.39. The van der Waals surface area contributed by atoms with Gasteiger partial charge in [-0.2, -0.15) is 0 Å². The van der Waals surface area contributed by atoms with Crippen LogP contribution in [0.25, 0.3) is 0 Å². The van der Waals surface area contributed by atoms with Crippen LogP contribution in [0.15, 0.2) is 12.2 Å². The Labute approximate surface area is 86.2 Å². The molecule has 0 radical (unpaired) electrons. The van der Waals surface area contributed by atoms with Crippen molar-refractivity contribution in [1.29, 1.82) is 0 Å². The van der Waals surface area contributed by atoms with Crippen molar-refractivity contribution in [1.82, 2.24) is 0 Å². The molecule has 84 valence electrons. The van der Waals surface area contributed by atoms with Gasteiger partial charge in [-0.3, -0.25) is 9.59 Å². The smallest absolute Gasteiger partial charge is 0.333 e. The fourth-order valence-corrected chi connectivity index (χ4v) is 0.845. The van der Waals surface area contributed by atoms with Gasteiger partial charge in [0, 0.05) is 5.57 Å². The summed E-state index contributed by atoms with van der Waals surface area (Å²) < 4.78 is 4.60. The Kier molecular flexibility index (Phi) is 4.50. The van der Waals surface area contributed by atoms with Crippen LogP contribution in [-0.4, -0.2) is 34.2 Å². The zero-order valence-corrected chi connectivity index (χ0v) is 8.39. The van der Waals surface area contributed by atoms with Gasteiger partial charge in [0.05, 0.1) is 0 Å². The normalized spacial score (nSPS) is 11.9. The summed E-state index contributed by atoms with van der Waals surface area (Å²) in [6.45, 7) is 5.87. The first-order valence-electron chi connectivity index (χ1n) is 4.09. The van der Waals surface area contributed by atoms with Gasteiger partial charge in [0.1, 0.15) is 6.10 Å². The number of rotatable bonds is 5. The van der Waals surface area contributed by atoms with Crippen LogP contribution in [0.5, 0.6) is 0 Å². The summed E-state index contributed by atoms with van der Waals surface area (Å²) in [6, 6.07) is 0. The Bertz CT molecular complexity index is 292. The van der Waals surface area contributed by atoms with Crippen LogP contribution < -0.4 is 0 Å². The molecule has 1 atom stereocenters. The SMILES string of the molecule is C=C(C)C(=O)OC(C)C(C(=O)O)C(=O)O. The Morgan fingerprint density at radius 2 is 1.60 bits per heavy atom. The maximum Gasteiger partial charge on any atom is 0.333 e. The van der Waals surface area contributed by atoms with Crippen LogP contribution in [0.3, 0.4) is 0 Å². The average Bonchev–Trinajstić information content (AvgIpc) is 2.01. The molecule has 0 fully saturated rings. The van der Waals surface area contributed by atoms with Crippen molar-refractivity contribution in [2.75, 3.05) is 0 Å². The molecular formula is C9H12O6. The van der Waals surface area contributed by atoms with E-state index < -0.39 is 29.9 Å². The third-order valence-corrected chi connectivity index (χ3v) is 1.64. The molecule has 0 aromatic rings. The van der Waals surface area contributed by atoms with Crippen LogP contribution in [-0.2, 0) is 19.1 Å². The molecule has 0 rings (SSSR count).